The van der Waals surface area contributed by atoms with Gasteiger partial charge in [0.05, 0.1) is 16.1 Å². The fourth-order valence-corrected chi connectivity index (χ4v) is 6.83. The second-order valence-electron chi connectivity index (χ2n) is 11.9. The molecule has 1 N–H and O–H groups in total. The maximum Gasteiger partial charge on any atom is 0.252 e. The summed E-state index contributed by atoms with van der Waals surface area (Å²) < 4.78 is 11.8. The van der Waals surface area contributed by atoms with E-state index in [0.717, 1.165) is 46.6 Å². The first-order valence-corrected chi connectivity index (χ1v) is 16.4. The molecule has 45 heavy (non-hydrogen) atoms. The molecule has 3 aliphatic rings. The van der Waals surface area contributed by atoms with Gasteiger partial charge in [0.2, 0.25) is 5.91 Å². The van der Waals surface area contributed by atoms with Crippen molar-refractivity contribution < 1.29 is 19.1 Å². The number of rotatable bonds is 10. The Hall–Kier alpha value is -3.23. The molecule has 236 valence electrons. The highest BCUT2D eigenvalue weighted by atomic mass is 35.5. The van der Waals surface area contributed by atoms with Gasteiger partial charge in [-0.15, -0.1) is 0 Å². The fourth-order valence-electron chi connectivity index (χ4n) is 6.22. The zero-order valence-electron chi connectivity index (χ0n) is 25.3. The molecular formula is C35H36Cl3N3O4. The Labute approximate surface area is 279 Å². The third-order valence-corrected chi connectivity index (χ3v) is 9.74. The number of aryl methyl sites for hydroxylation is 1. The van der Waals surface area contributed by atoms with Gasteiger partial charge in [-0.2, -0.15) is 0 Å². The molecule has 2 bridgehead atoms. The van der Waals surface area contributed by atoms with Gasteiger partial charge in [0.1, 0.15) is 24.7 Å². The van der Waals surface area contributed by atoms with Crippen molar-refractivity contribution in [3.8, 4) is 11.5 Å². The Morgan fingerprint density at radius 2 is 1.73 bits per heavy atom. The minimum absolute atomic E-state index is 0.0169. The van der Waals surface area contributed by atoms with Gasteiger partial charge in [0.15, 0.2) is 0 Å². The first-order valence-electron chi connectivity index (χ1n) is 15.3. The molecule has 1 saturated heterocycles. The van der Waals surface area contributed by atoms with Crippen molar-refractivity contribution in [2.24, 2.45) is 0 Å². The van der Waals surface area contributed by atoms with Gasteiger partial charge >= 0.3 is 0 Å². The largest absolute Gasteiger partial charge is 0.490 e. The lowest BCUT2D eigenvalue weighted by Crippen LogP contribution is -2.61. The minimum atomic E-state index is -0.274. The lowest BCUT2D eigenvalue weighted by Gasteiger charge is -2.44. The summed E-state index contributed by atoms with van der Waals surface area (Å²) in [5, 5.41) is 5.26. The summed E-state index contributed by atoms with van der Waals surface area (Å²) in [6.07, 6.45) is 2.52. The average Bonchev–Trinajstić information content (AvgIpc) is 3.86. The van der Waals surface area contributed by atoms with E-state index in [9.17, 15) is 9.59 Å². The Morgan fingerprint density at radius 3 is 2.44 bits per heavy atom. The van der Waals surface area contributed by atoms with Crippen LogP contribution in [0.5, 0.6) is 11.5 Å². The normalized spacial score (nSPS) is 19.4. The zero-order chi connectivity index (χ0) is 31.7. The molecular weight excluding hydrogens is 633 g/mol. The third kappa shape index (κ3) is 7.28. The van der Waals surface area contributed by atoms with Crippen molar-refractivity contribution in [3.05, 3.63) is 98.0 Å². The molecule has 2 amide bonds. The zero-order valence-corrected chi connectivity index (χ0v) is 27.6. The predicted octanol–water partition coefficient (Wildman–Crippen LogP) is 6.95. The van der Waals surface area contributed by atoms with Crippen LogP contribution in [0.15, 0.2) is 66.2 Å². The number of nitrogens with one attached hydrogen (secondary N) is 1. The maximum atomic E-state index is 14.5. The number of ether oxygens (including phenoxy) is 2. The molecule has 3 aromatic rings. The predicted molar refractivity (Wildman–Crippen MR) is 178 cm³/mol. The van der Waals surface area contributed by atoms with Crippen LogP contribution in [0.2, 0.25) is 15.1 Å². The average molecular weight is 669 g/mol. The highest BCUT2D eigenvalue weighted by molar-refractivity contribution is 6.42. The number of carbonyl (C=O) groups is 2. The Morgan fingerprint density at radius 1 is 0.978 bits per heavy atom. The van der Waals surface area contributed by atoms with Crippen LogP contribution in [0.1, 0.15) is 42.9 Å². The van der Waals surface area contributed by atoms with Crippen LogP contribution in [0, 0.1) is 6.92 Å². The van der Waals surface area contributed by atoms with Gasteiger partial charge in [0, 0.05) is 49.2 Å². The van der Waals surface area contributed by atoms with Crippen LogP contribution in [-0.2, 0) is 16.1 Å². The second kappa shape index (κ2) is 13.6. The quantitative estimate of drug-likeness (QED) is 0.237. The van der Waals surface area contributed by atoms with Gasteiger partial charge in [-0.25, -0.2) is 0 Å². The molecule has 2 unspecified atom stereocenters. The number of carbonyl (C=O) groups excluding carboxylic acids is 2. The number of halogens is 3. The highest BCUT2D eigenvalue weighted by Crippen LogP contribution is 2.38. The van der Waals surface area contributed by atoms with Crippen molar-refractivity contribution >= 4 is 52.2 Å². The number of amides is 2. The summed E-state index contributed by atoms with van der Waals surface area (Å²) >= 11 is 18.9. The monoisotopic (exact) mass is 667 g/mol. The summed E-state index contributed by atoms with van der Waals surface area (Å²) in [7, 11) is 0. The van der Waals surface area contributed by atoms with Crippen LogP contribution in [-0.4, -0.2) is 66.0 Å². The molecule has 0 spiro atoms. The summed E-state index contributed by atoms with van der Waals surface area (Å²) in [5.41, 5.74) is 4.48. The van der Waals surface area contributed by atoms with Crippen molar-refractivity contribution in [1.29, 1.82) is 0 Å². The van der Waals surface area contributed by atoms with Crippen molar-refractivity contribution in [2.45, 2.75) is 57.8 Å². The second-order valence-corrected chi connectivity index (χ2v) is 13.2. The van der Waals surface area contributed by atoms with Crippen LogP contribution < -0.4 is 14.8 Å². The SMILES string of the molecule is CC(=O)N1CC2CC(c3ccc(OCCOc4ccc(Cl)cc4C)cc3)=C(C(=O)N(Cc3cccc(Cl)c3Cl)C3CC3)C(C1)N2. The molecule has 2 aliphatic heterocycles. The van der Waals surface area contributed by atoms with Crippen LogP contribution in [0.25, 0.3) is 5.57 Å². The van der Waals surface area contributed by atoms with Crippen LogP contribution in [0.4, 0.5) is 0 Å². The molecule has 0 radical (unpaired) electrons. The fraction of sp³-hybridized carbons (Fsp3) is 0.371. The van der Waals surface area contributed by atoms with Crippen molar-refractivity contribution in [3.63, 3.8) is 0 Å². The number of benzene rings is 3. The van der Waals surface area contributed by atoms with E-state index in [-0.39, 0.29) is 29.9 Å². The first kappa shape index (κ1) is 31.7. The summed E-state index contributed by atoms with van der Waals surface area (Å²) in [6, 6.07) is 18.9. The molecule has 3 aromatic carbocycles. The van der Waals surface area contributed by atoms with Crippen molar-refractivity contribution in [2.75, 3.05) is 26.3 Å². The van der Waals surface area contributed by atoms with Gasteiger partial charge in [0.25, 0.3) is 5.91 Å². The standard InChI is InChI=1S/C35H36Cl3N3O4/c1-21-16-25(36)8-13-32(21)45-15-14-44-28-11-6-23(7-12-28)29-17-26-19-40(22(2)42)20-31(39-26)33(29)35(43)41(27-9-10-27)18-24-4-3-5-30(37)34(24)38/h3-8,11-13,16,26-27,31,39H,9-10,14-15,17-20H2,1-2H3. The Balaban J connectivity index is 1.24. The summed E-state index contributed by atoms with van der Waals surface area (Å²) in [5.74, 6) is 1.49. The number of fused-ring (bicyclic) bond motifs is 2. The van der Waals surface area contributed by atoms with Gasteiger partial charge in [-0.3, -0.25) is 9.59 Å². The lowest BCUT2D eigenvalue weighted by atomic mass is 9.82. The minimum Gasteiger partial charge on any atom is -0.490 e. The van der Waals surface area contributed by atoms with E-state index in [1.54, 1.807) is 19.1 Å². The maximum absolute atomic E-state index is 14.5. The highest BCUT2D eigenvalue weighted by Gasteiger charge is 2.43. The molecule has 7 nitrogen and oxygen atoms in total. The van der Waals surface area contributed by atoms with Gasteiger partial charge in [-0.1, -0.05) is 59.1 Å². The summed E-state index contributed by atoms with van der Waals surface area (Å²) in [4.78, 5) is 30.7. The van der Waals surface area contributed by atoms with E-state index in [2.05, 4.69) is 5.32 Å². The topological polar surface area (TPSA) is 71.1 Å². The molecule has 2 heterocycles. The molecule has 2 fully saturated rings. The van der Waals surface area contributed by atoms with E-state index in [0.29, 0.717) is 59.9 Å². The molecule has 0 aromatic heterocycles. The van der Waals surface area contributed by atoms with E-state index < -0.39 is 0 Å². The van der Waals surface area contributed by atoms with E-state index in [4.69, 9.17) is 44.3 Å². The molecule has 10 heteroatoms. The Kier molecular flexibility index (Phi) is 9.62. The number of piperazine rings is 1. The van der Waals surface area contributed by atoms with E-state index in [1.807, 2.05) is 65.3 Å². The van der Waals surface area contributed by atoms with Crippen LogP contribution in [0.3, 0.4) is 0 Å². The molecule has 6 rings (SSSR count). The van der Waals surface area contributed by atoms with Crippen molar-refractivity contribution in [1.82, 2.24) is 15.1 Å². The first-order chi connectivity index (χ1) is 21.7. The number of nitrogens with zero attached hydrogens (tertiary/aromatic N) is 2. The Bertz CT molecular complexity index is 1620. The smallest absolute Gasteiger partial charge is 0.252 e. The van der Waals surface area contributed by atoms with E-state index in [1.165, 1.54) is 0 Å². The molecule has 1 saturated carbocycles. The van der Waals surface area contributed by atoms with Gasteiger partial charge in [-0.05, 0) is 84.8 Å². The third-order valence-electron chi connectivity index (χ3n) is 8.65. The van der Waals surface area contributed by atoms with E-state index >= 15 is 0 Å². The molecule has 1 aliphatic carbocycles. The lowest BCUT2D eigenvalue weighted by molar-refractivity contribution is -0.132. The van der Waals surface area contributed by atoms with Gasteiger partial charge < -0.3 is 24.6 Å². The summed E-state index contributed by atoms with van der Waals surface area (Å²) in [6.45, 7) is 5.74. The number of hydrogen-bond acceptors (Lipinski definition) is 5. The van der Waals surface area contributed by atoms with Crippen LogP contribution >= 0.6 is 34.8 Å². The number of hydrogen-bond donors (Lipinski definition) is 1. The molecule has 2 atom stereocenters.